The van der Waals surface area contributed by atoms with E-state index in [9.17, 15) is 4.39 Å². The maximum Gasteiger partial charge on any atom is 0.165 e. The van der Waals surface area contributed by atoms with Crippen molar-refractivity contribution in [2.75, 3.05) is 7.05 Å². The Balaban J connectivity index is 2.01. The quantitative estimate of drug-likeness (QED) is 0.881. The van der Waals surface area contributed by atoms with E-state index in [-0.39, 0.29) is 5.82 Å². The molecule has 4 heteroatoms. The zero-order chi connectivity index (χ0) is 12.1. The summed E-state index contributed by atoms with van der Waals surface area (Å²) in [6, 6.07) is 8.97. The van der Waals surface area contributed by atoms with Crippen molar-refractivity contribution in [1.82, 2.24) is 5.32 Å². The third-order valence-electron chi connectivity index (χ3n) is 2.33. The first-order chi connectivity index (χ1) is 8.29. The highest BCUT2D eigenvalue weighted by molar-refractivity contribution is 7.09. The summed E-state index contributed by atoms with van der Waals surface area (Å²) >= 11 is 1.60. The van der Waals surface area contributed by atoms with Crippen molar-refractivity contribution in [1.29, 1.82) is 0 Å². The van der Waals surface area contributed by atoms with Gasteiger partial charge in [-0.1, -0.05) is 12.1 Å². The molecule has 0 amide bonds. The standard InChI is InChI=1S/C13H14FNOS/c1-15-8-10-4-5-13(12(14)7-10)16-9-11-3-2-6-17-11/h2-7,15H,8-9H2,1H3. The lowest BCUT2D eigenvalue weighted by molar-refractivity contribution is 0.293. The molecule has 0 aliphatic heterocycles. The second kappa shape index (κ2) is 5.80. The van der Waals surface area contributed by atoms with Crippen molar-refractivity contribution in [3.8, 4) is 5.75 Å². The molecule has 0 fully saturated rings. The fraction of sp³-hybridized carbons (Fsp3) is 0.231. The minimum Gasteiger partial charge on any atom is -0.485 e. The van der Waals surface area contributed by atoms with Crippen molar-refractivity contribution in [2.24, 2.45) is 0 Å². The van der Waals surface area contributed by atoms with Crippen LogP contribution in [0.15, 0.2) is 35.7 Å². The molecule has 1 aromatic heterocycles. The fourth-order valence-electron chi connectivity index (χ4n) is 1.52. The van der Waals surface area contributed by atoms with Gasteiger partial charge in [0.05, 0.1) is 0 Å². The summed E-state index contributed by atoms with van der Waals surface area (Å²) in [6.07, 6.45) is 0. The van der Waals surface area contributed by atoms with E-state index in [1.807, 2.05) is 30.6 Å². The number of benzene rings is 1. The lowest BCUT2D eigenvalue weighted by atomic mass is 10.2. The van der Waals surface area contributed by atoms with Gasteiger partial charge in [0.25, 0.3) is 0 Å². The van der Waals surface area contributed by atoms with Gasteiger partial charge in [-0.2, -0.15) is 0 Å². The van der Waals surface area contributed by atoms with Gasteiger partial charge in [0.1, 0.15) is 6.61 Å². The SMILES string of the molecule is CNCc1ccc(OCc2cccs2)c(F)c1. The van der Waals surface area contributed by atoms with E-state index in [0.29, 0.717) is 18.9 Å². The third-order valence-corrected chi connectivity index (χ3v) is 3.18. The summed E-state index contributed by atoms with van der Waals surface area (Å²) in [5.74, 6) is -0.00689. The van der Waals surface area contributed by atoms with E-state index >= 15 is 0 Å². The summed E-state index contributed by atoms with van der Waals surface area (Å²) in [5.41, 5.74) is 0.911. The number of hydrogen-bond acceptors (Lipinski definition) is 3. The Morgan fingerprint density at radius 2 is 2.24 bits per heavy atom. The van der Waals surface area contributed by atoms with Gasteiger partial charge in [0.2, 0.25) is 0 Å². The van der Waals surface area contributed by atoms with Crippen LogP contribution in [0.3, 0.4) is 0 Å². The number of nitrogens with one attached hydrogen (secondary N) is 1. The van der Waals surface area contributed by atoms with Gasteiger partial charge in [-0.3, -0.25) is 0 Å². The summed E-state index contributed by atoms with van der Waals surface area (Å²) in [6.45, 7) is 1.07. The van der Waals surface area contributed by atoms with Crippen LogP contribution in [0.4, 0.5) is 4.39 Å². The smallest absolute Gasteiger partial charge is 0.165 e. The summed E-state index contributed by atoms with van der Waals surface area (Å²) in [4.78, 5) is 1.09. The molecule has 0 saturated carbocycles. The topological polar surface area (TPSA) is 21.3 Å². The van der Waals surface area contributed by atoms with Crippen LogP contribution in [0, 0.1) is 5.82 Å². The molecule has 2 rings (SSSR count). The normalized spacial score (nSPS) is 10.5. The molecule has 0 aliphatic carbocycles. The van der Waals surface area contributed by atoms with Gasteiger partial charge >= 0.3 is 0 Å². The number of rotatable bonds is 5. The van der Waals surface area contributed by atoms with Gasteiger partial charge in [0, 0.05) is 11.4 Å². The van der Waals surface area contributed by atoms with Crippen LogP contribution >= 0.6 is 11.3 Å². The van der Waals surface area contributed by atoms with Gasteiger partial charge in [-0.15, -0.1) is 11.3 Å². The van der Waals surface area contributed by atoms with Crippen LogP contribution in [0.25, 0.3) is 0 Å². The van der Waals surface area contributed by atoms with E-state index < -0.39 is 0 Å². The Labute approximate surface area is 104 Å². The van der Waals surface area contributed by atoms with Crippen LogP contribution < -0.4 is 10.1 Å². The molecule has 0 radical (unpaired) electrons. The summed E-state index contributed by atoms with van der Waals surface area (Å²) < 4.78 is 19.1. The highest BCUT2D eigenvalue weighted by atomic mass is 32.1. The molecular formula is C13H14FNOS. The highest BCUT2D eigenvalue weighted by Gasteiger charge is 2.05. The zero-order valence-electron chi connectivity index (χ0n) is 9.57. The molecule has 0 bridgehead atoms. The Morgan fingerprint density at radius 3 is 2.88 bits per heavy atom. The maximum atomic E-state index is 13.7. The molecule has 2 aromatic rings. The number of halogens is 1. The highest BCUT2D eigenvalue weighted by Crippen LogP contribution is 2.20. The second-order valence-corrected chi connectivity index (χ2v) is 4.70. The first-order valence-electron chi connectivity index (χ1n) is 5.38. The average molecular weight is 251 g/mol. The van der Waals surface area contributed by atoms with Gasteiger partial charge in [0.15, 0.2) is 11.6 Å². The Bertz CT molecular complexity index is 470. The Morgan fingerprint density at radius 1 is 1.35 bits per heavy atom. The largest absolute Gasteiger partial charge is 0.485 e. The van der Waals surface area contributed by atoms with E-state index in [1.165, 1.54) is 6.07 Å². The third kappa shape index (κ3) is 3.28. The monoisotopic (exact) mass is 251 g/mol. The molecule has 0 atom stereocenters. The van der Waals surface area contributed by atoms with Crippen molar-refractivity contribution in [2.45, 2.75) is 13.2 Å². The zero-order valence-corrected chi connectivity index (χ0v) is 10.4. The van der Waals surface area contributed by atoms with Crippen molar-refractivity contribution < 1.29 is 9.13 Å². The van der Waals surface area contributed by atoms with E-state index in [1.54, 1.807) is 17.4 Å². The molecule has 1 heterocycles. The minimum atomic E-state index is -0.311. The van der Waals surface area contributed by atoms with Crippen molar-refractivity contribution >= 4 is 11.3 Å². The molecule has 0 aliphatic rings. The number of thiophene rings is 1. The average Bonchev–Trinajstić information content (AvgIpc) is 2.81. The first kappa shape index (κ1) is 12.1. The predicted octanol–water partition coefficient (Wildman–Crippen LogP) is 3.19. The summed E-state index contributed by atoms with van der Waals surface area (Å²) in [7, 11) is 1.83. The van der Waals surface area contributed by atoms with Crippen LogP contribution in [-0.4, -0.2) is 7.05 Å². The van der Waals surface area contributed by atoms with Crippen molar-refractivity contribution in [3.63, 3.8) is 0 Å². The van der Waals surface area contributed by atoms with E-state index in [2.05, 4.69) is 5.32 Å². The van der Waals surface area contributed by atoms with Crippen LogP contribution in [-0.2, 0) is 13.2 Å². The van der Waals surface area contributed by atoms with Gasteiger partial charge < -0.3 is 10.1 Å². The summed E-state index contributed by atoms with van der Waals surface area (Å²) in [5, 5.41) is 4.96. The van der Waals surface area contributed by atoms with E-state index in [0.717, 1.165) is 10.4 Å². The number of hydrogen-bond donors (Lipinski definition) is 1. The molecule has 1 N–H and O–H groups in total. The Hall–Kier alpha value is -1.39. The molecular weight excluding hydrogens is 237 g/mol. The first-order valence-corrected chi connectivity index (χ1v) is 6.26. The van der Waals surface area contributed by atoms with E-state index in [4.69, 9.17) is 4.74 Å². The molecule has 1 aromatic carbocycles. The maximum absolute atomic E-state index is 13.7. The van der Waals surface area contributed by atoms with Crippen molar-refractivity contribution in [3.05, 3.63) is 52.0 Å². The fourth-order valence-corrected chi connectivity index (χ4v) is 2.14. The van der Waals surface area contributed by atoms with Gasteiger partial charge in [-0.25, -0.2) is 4.39 Å². The van der Waals surface area contributed by atoms with Crippen LogP contribution in [0.2, 0.25) is 0 Å². The molecule has 17 heavy (non-hydrogen) atoms. The minimum absolute atomic E-state index is 0.304. The Kier molecular flexibility index (Phi) is 4.12. The predicted molar refractivity (Wildman–Crippen MR) is 67.8 cm³/mol. The number of ether oxygens (including phenoxy) is 1. The molecule has 90 valence electrons. The van der Waals surface area contributed by atoms with Gasteiger partial charge in [-0.05, 0) is 36.2 Å². The lowest BCUT2D eigenvalue weighted by Gasteiger charge is -2.07. The molecule has 0 saturated heterocycles. The second-order valence-electron chi connectivity index (χ2n) is 3.66. The van der Waals surface area contributed by atoms with Crippen LogP contribution in [0.1, 0.15) is 10.4 Å². The molecule has 2 nitrogen and oxygen atoms in total. The van der Waals surface area contributed by atoms with Crippen LogP contribution in [0.5, 0.6) is 5.75 Å². The molecule has 0 spiro atoms. The molecule has 0 unspecified atom stereocenters. The lowest BCUT2D eigenvalue weighted by Crippen LogP contribution is -2.05.